The van der Waals surface area contributed by atoms with Crippen LogP contribution < -0.4 is 4.80 Å². The van der Waals surface area contributed by atoms with Crippen LogP contribution >= 0.6 is 11.3 Å². The maximum atomic E-state index is 12.3. The number of Topliss-reactive ketones (excluding diaryl/α,β-unsaturated/α-hetero) is 1. The second-order valence-corrected chi connectivity index (χ2v) is 5.60. The summed E-state index contributed by atoms with van der Waals surface area (Å²) in [5.74, 6) is -0.0680. The van der Waals surface area contributed by atoms with Crippen LogP contribution in [0.2, 0.25) is 0 Å². The molecule has 0 fully saturated rings. The highest BCUT2D eigenvalue weighted by Gasteiger charge is 2.11. The number of nitrogens with one attached hydrogen (secondary N) is 1. The molecule has 102 valence electrons. The number of hydrogen-bond donors (Lipinski definition) is 1. The van der Waals surface area contributed by atoms with E-state index in [1.165, 1.54) is 11.3 Å². The fourth-order valence-electron chi connectivity index (χ4n) is 2.16. The molecule has 0 bridgehead atoms. The fourth-order valence-corrected chi connectivity index (χ4v) is 3.07. The van der Waals surface area contributed by atoms with Crippen LogP contribution in [0.3, 0.4) is 0 Å². The van der Waals surface area contributed by atoms with Crippen molar-refractivity contribution in [2.75, 3.05) is 0 Å². The number of carbonyl (C=O) groups excluding carboxylic acids is 1. The van der Waals surface area contributed by atoms with Crippen molar-refractivity contribution in [1.82, 2.24) is 4.57 Å². The van der Waals surface area contributed by atoms with Gasteiger partial charge in [0.05, 0.1) is 28.4 Å². The number of carbonyl (C=O) groups is 1. The molecule has 5 heteroatoms. The normalized spacial score (nSPS) is 10.4. The largest absolute Gasteiger partial charge is 0.309 e. The zero-order valence-corrected chi connectivity index (χ0v) is 11.9. The SMILES string of the molecule is N#Cc1ccc(C(=O)Cn2c(=N)sc3ccccc32)cc1. The van der Waals surface area contributed by atoms with Gasteiger partial charge in [0.25, 0.3) is 0 Å². The summed E-state index contributed by atoms with van der Waals surface area (Å²) in [5, 5.41) is 16.8. The molecule has 1 heterocycles. The minimum atomic E-state index is -0.0680. The number of hydrogen-bond acceptors (Lipinski definition) is 4. The van der Waals surface area contributed by atoms with E-state index in [1.807, 2.05) is 30.3 Å². The summed E-state index contributed by atoms with van der Waals surface area (Å²) in [6.07, 6.45) is 0. The monoisotopic (exact) mass is 293 g/mol. The van der Waals surface area contributed by atoms with Gasteiger partial charge >= 0.3 is 0 Å². The first-order valence-electron chi connectivity index (χ1n) is 6.35. The van der Waals surface area contributed by atoms with E-state index in [0.29, 0.717) is 15.9 Å². The van der Waals surface area contributed by atoms with Crippen molar-refractivity contribution in [2.24, 2.45) is 0 Å². The zero-order valence-electron chi connectivity index (χ0n) is 11.0. The Balaban J connectivity index is 1.94. The first-order chi connectivity index (χ1) is 10.2. The van der Waals surface area contributed by atoms with Crippen LogP contribution in [-0.4, -0.2) is 10.4 Å². The van der Waals surface area contributed by atoms with E-state index in [1.54, 1.807) is 28.8 Å². The number of thiazole rings is 1. The molecular formula is C16H11N3OS. The maximum absolute atomic E-state index is 12.3. The third-order valence-electron chi connectivity index (χ3n) is 3.25. The minimum absolute atomic E-state index is 0.0680. The van der Waals surface area contributed by atoms with E-state index in [-0.39, 0.29) is 12.3 Å². The maximum Gasteiger partial charge on any atom is 0.183 e. The number of fused-ring (bicyclic) bond motifs is 1. The highest BCUT2D eigenvalue weighted by atomic mass is 32.1. The molecule has 0 aliphatic heterocycles. The molecule has 4 nitrogen and oxygen atoms in total. The van der Waals surface area contributed by atoms with Crippen molar-refractivity contribution in [3.05, 3.63) is 64.5 Å². The molecule has 21 heavy (non-hydrogen) atoms. The third kappa shape index (κ3) is 2.49. The predicted octanol–water partition coefficient (Wildman–Crippen LogP) is 2.94. The smallest absolute Gasteiger partial charge is 0.183 e. The van der Waals surface area contributed by atoms with Gasteiger partial charge < -0.3 is 4.57 Å². The number of nitrogens with zero attached hydrogens (tertiary/aromatic N) is 2. The molecule has 1 aromatic heterocycles. The van der Waals surface area contributed by atoms with Gasteiger partial charge in [0, 0.05) is 5.56 Å². The van der Waals surface area contributed by atoms with Gasteiger partial charge in [-0.25, -0.2) is 0 Å². The van der Waals surface area contributed by atoms with Crippen LogP contribution in [-0.2, 0) is 6.54 Å². The zero-order chi connectivity index (χ0) is 14.8. The number of aromatic nitrogens is 1. The summed E-state index contributed by atoms with van der Waals surface area (Å²) in [4.78, 5) is 12.7. The second kappa shape index (κ2) is 5.35. The van der Waals surface area contributed by atoms with Gasteiger partial charge in [-0.05, 0) is 24.3 Å². The predicted molar refractivity (Wildman–Crippen MR) is 81.2 cm³/mol. The van der Waals surface area contributed by atoms with E-state index in [2.05, 4.69) is 0 Å². The van der Waals surface area contributed by atoms with Crippen LogP contribution in [0.5, 0.6) is 0 Å². The standard InChI is InChI=1S/C16H11N3OS/c17-9-11-5-7-12(8-6-11)14(20)10-19-13-3-1-2-4-15(13)21-16(19)18/h1-8,18H,10H2. The summed E-state index contributed by atoms with van der Waals surface area (Å²) in [7, 11) is 0. The number of nitriles is 1. The van der Waals surface area contributed by atoms with E-state index >= 15 is 0 Å². The van der Waals surface area contributed by atoms with Crippen molar-refractivity contribution in [3.8, 4) is 6.07 Å². The molecule has 0 saturated heterocycles. The molecular weight excluding hydrogens is 282 g/mol. The molecule has 0 amide bonds. The summed E-state index contributed by atoms with van der Waals surface area (Å²) in [6, 6.07) is 16.3. The van der Waals surface area contributed by atoms with Gasteiger partial charge in [0.2, 0.25) is 0 Å². The van der Waals surface area contributed by atoms with Crippen LogP contribution in [0.15, 0.2) is 48.5 Å². The number of benzene rings is 2. The number of para-hydroxylation sites is 1. The number of ketones is 1. The van der Waals surface area contributed by atoms with Gasteiger partial charge in [-0.15, -0.1) is 0 Å². The van der Waals surface area contributed by atoms with Crippen molar-refractivity contribution < 1.29 is 4.79 Å². The van der Waals surface area contributed by atoms with E-state index in [4.69, 9.17) is 10.7 Å². The van der Waals surface area contributed by atoms with Crippen molar-refractivity contribution in [2.45, 2.75) is 6.54 Å². The van der Waals surface area contributed by atoms with Crippen molar-refractivity contribution in [3.63, 3.8) is 0 Å². The minimum Gasteiger partial charge on any atom is -0.309 e. The highest BCUT2D eigenvalue weighted by Crippen LogP contribution is 2.17. The molecule has 0 radical (unpaired) electrons. The van der Waals surface area contributed by atoms with Gasteiger partial charge in [0.1, 0.15) is 0 Å². The second-order valence-electron chi connectivity index (χ2n) is 4.57. The Bertz CT molecular complexity index is 913. The van der Waals surface area contributed by atoms with Crippen molar-refractivity contribution in [1.29, 1.82) is 10.7 Å². The first kappa shape index (κ1) is 13.3. The molecule has 2 aromatic carbocycles. The van der Waals surface area contributed by atoms with E-state index < -0.39 is 0 Å². The van der Waals surface area contributed by atoms with Crippen molar-refractivity contribution >= 4 is 27.3 Å². The lowest BCUT2D eigenvalue weighted by Crippen LogP contribution is -2.19. The van der Waals surface area contributed by atoms with E-state index in [9.17, 15) is 4.79 Å². The fraction of sp³-hybridized carbons (Fsp3) is 0.0625. The Morgan fingerprint density at radius 3 is 2.62 bits per heavy atom. The van der Waals surface area contributed by atoms with E-state index in [0.717, 1.165) is 10.2 Å². The topological polar surface area (TPSA) is 69.6 Å². The average Bonchev–Trinajstić information content (AvgIpc) is 2.83. The van der Waals surface area contributed by atoms with Crippen LogP contribution in [0.1, 0.15) is 15.9 Å². The van der Waals surface area contributed by atoms with Crippen LogP contribution in [0.4, 0.5) is 0 Å². The quantitative estimate of drug-likeness (QED) is 0.754. The lowest BCUT2D eigenvalue weighted by atomic mass is 10.1. The lowest BCUT2D eigenvalue weighted by molar-refractivity contribution is 0.0972. The molecule has 3 aromatic rings. The Morgan fingerprint density at radius 2 is 1.90 bits per heavy atom. The Morgan fingerprint density at radius 1 is 1.19 bits per heavy atom. The molecule has 0 aliphatic carbocycles. The van der Waals surface area contributed by atoms with Crippen LogP contribution in [0.25, 0.3) is 10.2 Å². The third-order valence-corrected chi connectivity index (χ3v) is 4.22. The molecule has 3 rings (SSSR count). The molecule has 0 atom stereocenters. The molecule has 1 N–H and O–H groups in total. The molecule has 0 spiro atoms. The van der Waals surface area contributed by atoms with Gasteiger partial charge in [0.15, 0.2) is 10.6 Å². The van der Waals surface area contributed by atoms with Gasteiger partial charge in [-0.3, -0.25) is 10.2 Å². The number of rotatable bonds is 3. The molecule has 0 unspecified atom stereocenters. The van der Waals surface area contributed by atoms with Crippen LogP contribution in [0, 0.1) is 16.7 Å². The summed E-state index contributed by atoms with van der Waals surface area (Å²) in [6.45, 7) is 0.134. The summed E-state index contributed by atoms with van der Waals surface area (Å²) < 4.78 is 2.70. The lowest BCUT2D eigenvalue weighted by Gasteiger charge is -2.04. The highest BCUT2D eigenvalue weighted by molar-refractivity contribution is 7.16. The molecule has 0 saturated carbocycles. The summed E-state index contributed by atoms with van der Waals surface area (Å²) in [5.41, 5.74) is 1.98. The van der Waals surface area contributed by atoms with Gasteiger partial charge in [-0.2, -0.15) is 5.26 Å². The Kier molecular flexibility index (Phi) is 3.38. The molecule has 0 aliphatic rings. The Hall–Kier alpha value is -2.71. The summed E-state index contributed by atoms with van der Waals surface area (Å²) >= 11 is 1.36. The first-order valence-corrected chi connectivity index (χ1v) is 7.17. The Labute approximate surface area is 125 Å². The average molecular weight is 293 g/mol. The van der Waals surface area contributed by atoms with Gasteiger partial charge in [-0.1, -0.05) is 35.6 Å².